The number of thiophene rings is 1. The first-order chi connectivity index (χ1) is 12.3. The van der Waals surface area contributed by atoms with Crippen molar-refractivity contribution < 1.29 is 13.2 Å². The summed E-state index contributed by atoms with van der Waals surface area (Å²) in [4.78, 5) is 25.7. The van der Waals surface area contributed by atoms with Gasteiger partial charge in [0.05, 0.1) is 16.8 Å². The van der Waals surface area contributed by atoms with Gasteiger partial charge in [-0.25, -0.2) is 18.4 Å². The van der Waals surface area contributed by atoms with Crippen LogP contribution in [0, 0.1) is 13.8 Å². The van der Waals surface area contributed by atoms with Gasteiger partial charge in [-0.2, -0.15) is 4.31 Å². The molecule has 1 saturated carbocycles. The van der Waals surface area contributed by atoms with Gasteiger partial charge in [-0.3, -0.25) is 4.79 Å². The van der Waals surface area contributed by atoms with Crippen molar-refractivity contribution in [2.75, 3.05) is 32.4 Å². The molecular formula is C17H22N4O3S2. The minimum Gasteiger partial charge on any atom is -0.335 e. The van der Waals surface area contributed by atoms with Crippen LogP contribution < -0.4 is 0 Å². The van der Waals surface area contributed by atoms with E-state index in [0.29, 0.717) is 37.0 Å². The summed E-state index contributed by atoms with van der Waals surface area (Å²) in [7, 11) is -3.20. The third kappa shape index (κ3) is 3.12. The van der Waals surface area contributed by atoms with Gasteiger partial charge >= 0.3 is 0 Å². The quantitative estimate of drug-likeness (QED) is 0.794. The predicted octanol–water partition coefficient (Wildman–Crippen LogP) is 1.90. The Balaban J connectivity index is 1.61. The molecule has 3 heterocycles. The number of sulfonamides is 1. The maximum absolute atomic E-state index is 13.0. The Hall–Kier alpha value is -1.58. The molecule has 26 heavy (non-hydrogen) atoms. The van der Waals surface area contributed by atoms with Crippen molar-refractivity contribution in [3.05, 3.63) is 22.0 Å². The van der Waals surface area contributed by atoms with E-state index in [-0.39, 0.29) is 5.91 Å². The smallest absolute Gasteiger partial charge is 0.264 e. The Labute approximate surface area is 157 Å². The average Bonchev–Trinajstić information content (AvgIpc) is 3.38. The second kappa shape index (κ2) is 6.24. The van der Waals surface area contributed by atoms with Crippen LogP contribution in [0.1, 0.15) is 45.5 Å². The largest absolute Gasteiger partial charge is 0.335 e. The number of hydrogen-bond donors (Lipinski definition) is 0. The van der Waals surface area contributed by atoms with Gasteiger partial charge < -0.3 is 4.90 Å². The fourth-order valence-corrected chi connectivity index (χ4v) is 5.49. The molecule has 2 aromatic heterocycles. The lowest BCUT2D eigenvalue weighted by molar-refractivity contribution is 0.0702. The van der Waals surface area contributed by atoms with E-state index in [1.165, 1.54) is 21.9 Å². The summed E-state index contributed by atoms with van der Waals surface area (Å²) >= 11 is 1.43. The number of aromatic nitrogens is 2. The maximum Gasteiger partial charge on any atom is 0.264 e. The van der Waals surface area contributed by atoms with Crippen LogP contribution in [0.5, 0.6) is 0 Å². The molecular weight excluding hydrogens is 372 g/mol. The van der Waals surface area contributed by atoms with Crippen LogP contribution in [0.2, 0.25) is 0 Å². The van der Waals surface area contributed by atoms with Crippen molar-refractivity contribution in [1.29, 1.82) is 0 Å². The lowest BCUT2D eigenvalue weighted by Gasteiger charge is -2.33. The van der Waals surface area contributed by atoms with Crippen LogP contribution in [0.15, 0.2) is 0 Å². The molecule has 1 aliphatic heterocycles. The van der Waals surface area contributed by atoms with Crippen molar-refractivity contribution in [3.63, 3.8) is 0 Å². The van der Waals surface area contributed by atoms with Crippen LogP contribution in [0.4, 0.5) is 0 Å². The summed E-state index contributed by atoms with van der Waals surface area (Å²) in [5.41, 5.74) is 1.87. The zero-order valence-electron chi connectivity index (χ0n) is 15.2. The molecule has 0 unspecified atom stereocenters. The molecule has 1 aliphatic carbocycles. The maximum atomic E-state index is 13.0. The van der Waals surface area contributed by atoms with Gasteiger partial charge in [-0.15, -0.1) is 11.3 Å². The van der Waals surface area contributed by atoms with E-state index < -0.39 is 10.0 Å². The van der Waals surface area contributed by atoms with Gasteiger partial charge in [0.15, 0.2) is 0 Å². The van der Waals surface area contributed by atoms with Crippen LogP contribution in [-0.2, 0) is 10.0 Å². The molecule has 0 spiro atoms. The number of aryl methyl sites for hydroxylation is 2. The molecule has 0 aromatic carbocycles. The van der Waals surface area contributed by atoms with E-state index in [1.807, 2.05) is 13.8 Å². The van der Waals surface area contributed by atoms with Crippen molar-refractivity contribution in [2.24, 2.45) is 0 Å². The van der Waals surface area contributed by atoms with Gasteiger partial charge in [0.2, 0.25) is 10.0 Å². The molecule has 0 atom stereocenters. The number of carbonyl (C=O) groups is 1. The number of piperazine rings is 1. The summed E-state index contributed by atoms with van der Waals surface area (Å²) in [5.74, 6) is 1.34. The van der Waals surface area contributed by atoms with Crippen molar-refractivity contribution >= 4 is 37.5 Å². The first-order valence-electron chi connectivity index (χ1n) is 8.77. The van der Waals surface area contributed by atoms with E-state index in [9.17, 15) is 13.2 Å². The fourth-order valence-electron chi connectivity index (χ4n) is 3.45. The fraction of sp³-hybridized carbons (Fsp3) is 0.588. The molecule has 0 N–H and O–H groups in total. The molecule has 0 radical (unpaired) electrons. The van der Waals surface area contributed by atoms with E-state index >= 15 is 0 Å². The van der Waals surface area contributed by atoms with Crippen molar-refractivity contribution in [1.82, 2.24) is 19.2 Å². The summed E-state index contributed by atoms with van der Waals surface area (Å²) in [6.07, 6.45) is 3.50. The number of hydrogen-bond acceptors (Lipinski definition) is 6. The second-order valence-corrected chi connectivity index (χ2v) is 10.1. The summed E-state index contributed by atoms with van der Waals surface area (Å²) < 4.78 is 24.7. The SMILES string of the molecule is Cc1nc(C2CC2)nc2sc(C(=O)N3CCN(S(C)(=O)=O)CC3)c(C)c12. The topological polar surface area (TPSA) is 83.5 Å². The molecule has 4 rings (SSSR count). The number of rotatable bonds is 3. The Kier molecular flexibility index (Phi) is 4.28. The number of carbonyl (C=O) groups excluding carboxylic acids is 1. The molecule has 1 amide bonds. The minimum atomic E-state index is -3.20. The molecule has 0 bridgehead atoms. The summed E-state index contributed by atoms with van der Waals surface area (Å²) in [6, 6.07) is 0. The first kappa shape index (κ1) is 17.8. The van der Waals surface area contributed by atoms with Gasteiger partial charge in [0.25, 0.3) is 5.91 Å². The number of nitrogens with zero attached hydrogens (tertiary/aromatic N) is 4. The van der Waals surface area contributed by atoms with Gasteiger partial charge in [0.1, 0.15) is 10.7 Å². The standard InChI is InChI=1S/C17H22N4O3S2/c1-10-13-11(2)18-15(12-4-5-12)19-16(13)25-14(10)17(22)20-6-8-21(9-7-20)26(3,23)24/h12H,4-9H2,1-3H3. The van der Waals surface area contributed by atoms with Crippen molar-refractivity contribution in [2.45, 2.75) is 32.6 Å². The molecule has 2 aliphatic rings. The lowest BCUT2D eigenvalue weighted by Crippen LogP contribution is -2.50. The van der Waals surface area contributed by atoms with E-state index in [1.54, 1.807) is 4.90 Å². The summed E-state index contributed by atoms with van der Waals surface area (Å²) in [5, 5.41) is 0.984. The zero-order valence-corrected chi connectivity index (χ0v) is 16.8. The molecule has 1 saturated heterocycles. The Bertz CT molecular complexity index is 987. The van der Waals surface area contributed by atoms with Crippen molar-refractivity contribution in [3.8, 4) is 0 Å². The number of amides is 1. The molecule has 2 fully saturated rings. The Morgan fingerprint density at radius 1 is 1.12 bits per heavy atom. The first-order valence-corrected chi connectivity index (χ1v) is 11.4. The monoisotopic (exact) mass is 394 g/mol. The molecule has 2 aromatic rings. The minimum absolute atomic E-state index is 0.0361. The third-order valence-corrected chi connectivity index (χ3v) is 7.60. The van der Waals surface area contributed by atoms with Crippen LogP contribution >= 0.6 is 11.3 Å². The molecule has 9 heteroatoms. The van der Waals surface area contributed by atoms with Gasteiger partial charge in [0, 0.05) is 37.5 Å². The predicted molar refractivity (Wildman–Crippen MR) is 101 cm³/mol. The van der Waals surface area contributed by atoms with E-state index in [2.05, 4.69) is 4.98 Å². The molecule has 7 nitrogen and oxygen atoms in total. The normalized spacial score (nSPS) is 19.3. The highest BCUT2D eigenvalue weighted by molar-refractivity contribution is 7.88. The second-order valence-electron chi connectivity index (χ2n) is 7.13. The molecule has 140 valence electrons. The highest BCUT2D eigenvalue weighted by Gasteiger charge is 2.31. The van der Waals surface area contributed by atoms with Crippen LogP contribution in [0.25, 0.3) is 10.2 Å². The van der Waals surface area contributed by atoms with E-state index in [4.69, 9.17) is 4.98 Å². The average molecular weight is 395 g/mol. The summed E-state index contributed by atoms with van der Waals surface area (Å²) in [6.45, 7) is 5.45. The lowest BCUT2D eigenvalue weighted by atomic mass is 10.1. The van der Waals surface area contributed by atoms with Crippen LogP contribution in [-0.4, -0.2) is 65.9 Å². The van der Waals surface area contributed by atoms with E-state index in [0.717, 1.165) is 40.1 Å². The number of fused-ring (bicyclic) bond motifs is 1. The van der Waals surface area contributed by atoms with Gasteiger partial charge in [-0.05, 0) is 32.3 Å². The highest BCUT2D eigenvalue weighted by Crippen LogP contribution is 2.40. The van der Waals surface area contributed by atoms with Crippen LogP contribution in [0.3, 0.4) is 0 Å². The third-order valence-electron chi connectivity index (χ3n) is 5.12. The Morgan fingerprint density at radius 3 is 2.35 bits per heavy atom. The zero-order chi connectivity index (χ0) is 18.6. The van der Waals surface area contributed by atoms with Gasteiger partial charge in [-0.1, -0.05) is 0 Å². The highest BCUT2D eigenvalue weighted by atomic mass is 32.2. The Morgan fingerprint density at radius 2 is 1.77 bits per heavy atom.